The molecule has 5 heteroatoms. The molecule has 0 spiro atoms. The summed E-state index contributed by atoms with van der Waals surface area (Å²) in [5.41, 5.74) is 2.07. The Kier molecular flexibility index (Phi) is 10.0. The molecule has 0 aliphatic carbocycles. The minimum absolute atomic E-state index is 0.0898. The fraction of sp³-hybridized carbons (Fsp3) is 0.562. The number of urea groups is 1. The van der Waals surface area contributed by atoms with Crippen LogP contribution in [0.25, 0.3) is 0 Å². The lowest BCUT2D eigenvalue weighted by Crippen LogP contribution is -2.65. The van der Waals surface area contributed by atoms with E-state index < -0.39 is 0 Å². The van der Waals surface area contributed by atoms with E-state index in [4.69, 9.17) is 0 Å². The van der Waals surface area contributed by atoms with E-state index in [0.717, 1.165) is 82.0 Å². The number of fused-ring (bicyclic) bond motifs is 2. The summed E-state index contributed by atoms with van der Waals surface area (Å²) in [6.45, 7) is 7.40. The average molecular weight is 504 g/mol. The number of hydrogen-bond acceptors (Lipinski definition) is 2. The number of likely N-dealkylation sites (tertiary alicyclic amines) is 1. The van der Waals surface area contributed by atoms with Crippen molar-refractivity contribution in [1.82, 2.24) is 14.7 Å². The van der Waals surface area contributed by atoms with Gasteiger partial charge >= 0.3 is 6.03 Å². The molecule has 2 atom stereocenters. The summed E-state index contributed by atoms with van der Waals surface area (Å²) in [6, 6.07) is 20.7. The predicted molar refractivity (Wildman–Crippen MR) is 151 cm³/mol. The van der Waals surface area contributed by atoms with Crippen molar-refractivity contribution in [3.63, 3.8) is 0 Å². The maximum absolute atomic E-state index is 14.3. The van der Waals surface area contributed by atoms with Gasteiger partial charge in [-0.1, -0.05) is 100 Å². The van der Waals surface area contributed by atoms with Crippen LogP contribution in [0, 0.1) is 0 Å². The Bertz CT molecular complexity index is 917. The first-order chi connectivity index (χ1) is 18.1. The molecular formula is C32H45N3O2. The monoisotopic (exact) mass is 503 g/mol. The summed E-state index contributed by atoms with van der Waals surface area (Å²) in [6.07, 6.45) is 9.82. The highest BCUT2D eigenvalue weighted by molar-refractivity contribution is 5.88. The third-order valence-electron chi connectivity index (χ3n) is 8.10. The van der Waals surface area contributed by atoms with Gasteiger partial charge in [0.05, 0.1) is 5.92 Å². The van der Waals surface area contributed by atoms with Crippen molar-refractivity contribution >= 4 is 11.9 Å². The van der Waals surface area contributed by atoms with Gasteiger partial charge in [0, 0.05) is 38.3 Å². The van der Waals surface area contributed by atoms with Crippen LogP contribution in [0.2, 0.25) is 0 Å². The minimum Gasteiger partial charge on any atom is -0.332 e. The van der Waals surface area contributed by atoms with Gasteiger partial charge in [-0.05, 0) is 43.2 Å². The molecule has 2 aliphatic heterocycles. The van der Waals surface area contributed by atoms with Crippen LogP contribution in [0.1, 0.15) is 88.7 Å². The van der Waals surface area contributed by atoms with E-state index in [2.05, 4.69) is 52.8 Å². The van der Waals surface area contributed by atoms with Gasteiger partial charge in [0.1, 0.15) is 0 Å². The summed E-state index contributed by atoms with van der Waals surface area (Å²) in [5, 5.41) is 0. The highest BCUT2D eigenvalue weighted by Gasteiger charge is 2.44. The van der Waals surface area contributed by atoms with Crippen molar-refractivity contribution in [3.8, 4) is 0 Å². The van der Waals surface area contributed by atoms with Crippen molar-refractivity contribution in [2.45, 2.75) is 89.6 Å². The third kappa shape index (κ3) is 6.74. The second-order valence-corrected chi connectivity index (χ2v) is 10.8. The molecule has 2 aromatic rings. The molecule has 2 bridgehead atoms. The van der Waals surface area contributed by atoms with Crippen LogP contribution in [0.4, 0.5) is 4.79 Å². The van der Waals surface area contributed by atoms with Gasteiger partial charge < -0.3 is 14.7 Å². The molecule has 0 aromatic heterocycles. The normalized spacial score (nSPS) is 19.2. The first-order valence-corrected chi connectivity index (χ1v) is 14.6. The van der Waals surface area contributed by atoms with Gasteiger partial charge in [-0.15, -0.1) is 0 Å². The zero-order valence-corrected chi connectivity index (χ0v) is 22.9. The van der Waals surface area contributed by atoms with E-state index in [0.29, 0.717) is 13.1 Å². The van der Waals surface area contributed by atoms with E-state index in [1.165, 1.54) is 0 Å². The Morgan fingerprint density at radius 2 is 1.27 bits per heavy atom. The van der Waals surface area contributed by atoms with Crippen LogP contribution in [0.3, 0.4) is 0 Å². The molecule has 0 N–H and O–H groups in total. The smallest absolute Gasteiger partial charge is 0.320 e. The number of piperazine rings is 1. The first-order valence-electron chi connectivity index (χ1n) is 14.6. The molecule has 2 saturated heterocycles. The average Bonchev–Trinajstić information content (AvgIpc) is 2.92. The standard InChI is InChI=1S/C32H45N3O2/c1-3-5-13-22-33(23-14-6-4-2)32(37)34-24-28-20-15-21-29(25-34)35(28)31(36)30(26-16-9-7-10-17-26)27-18-11-8-12-19-27/h7-12,16-19,28-30H,3-6,13-15,20-25H2,1-2H3/t28-,29+. The summed E-state index contributed by atoms with van der Waals surface area (Å²) < 4.78 is 0. The molecule has 200 valence electrons. The van der Waals surface area contributed by atoms with E-state index in [-0.39, 0.29) is 29.9 Å². The van der Waals surface area contributed by atoms with E-state index in [1.807, 2.05) is 36.4 Å². The molecule has 2 aliphatic rings. The van der Waals surface area contributed by atoms with E-state index in [1.54, 1.807) is 0 Å². The number of carbonyl (C=O) groups is 2. The number of benzene rings is 2. The van der Waals surface area contributed by atoms with Crippen LogP contribution in [0.5, 0.6) is 0 Å². The number of nitrogens with zero attached hydrogens (tertiary/aromatic N) is 3. The second-order valence-electron chi connectivity index (χ2n) is 10.8. The maximum atomic E-state index is 14.3. The van der Waals surface area contributed by atoms with Crippen molar-refractivity contribution in [2.24, 2.45) is 0 Å². The number of rotatable bonds is 11. The molecule has 2 fully saturated rings. The SMILES string of the molecule is CCCCCN(CCCCC)C(=O)N1C[C@H]2CCC[C@@H](C1)N2C(=O)C(c1ccccc1)c1ccccc1. The molecule has 0 radical (unpaired) electrons. The number of hydrogen-bond donors (Lipinski definition) is 0. The molecule has 37 heavy (non-hydrogen) atoms. The van der Waals surface area contributed by atoms with Gasteiger partial charge in [0.25, 0.3) is 0 Å². The lowest BCUT2D eigenvalue weighted by Gasteiger charge is -2.51. The molecule has 2 heterocycles. The summed E-state index contributed by atoms with van der Waals surface area (Å²) in [7, 11) is 0. The van der Waals surface area contributed by atoms with Gasteiger partial charge in [0.15, 0.2) is 0 Å². The molecule has 5 nitrogen and oxygen atoms in total. The van der Waals surface area contributed by atoms with Crippen LogP contribution >= 0.6 is 0 Å². The molecule has 0 saturated carbocycles. The van der Waals surface area contributed by atoms with Crippen LogP contribution in [-0.2, 0) is 4.79 Å². The Balaban J connectivity index is 1.52. The molecule has 4 rings (SSSR count). The van der Waals surface area contributed by atoms with Crippen LogP contribution in [-0.4, -0.2) is 64.9 Å². The van der Waals surface area contributed by atoms with Crippen LogP contribution < -0.4 is 0 Å². The molecular weight excluding hydrogens is 458 g/mol. The lowest BCUT2D eigenvalue weighted by molar-refractivity contribution is -0.143. The molecule has 3 amide bonds. The van der Waals surface area contributed by atoms with Crippen molar-refractivity contribution in [2.75, 3.05) is 26.2 Å². The summed E-state index contributed by atoms with van der Waals surface area (Å²) >= 11 is 0. The maximum Gasteiger partial charge on any atom is 0.320 e. The third-order valence-corrected chi connectivity index (χ3v) is 8.10. The zero-order chi connectivity index (χ0) is 26.0. The van der Waals surface area contributed by atoms with Crippen LogP contribution in [0.15, 0.2) is 60.7 Å². The topological polar surface area (TPSA) is 43.9 Å². The van der Waals surface area contributed by atoms with Crippen molar-refractivity contribution < 1.29 is 9.59 Å². The van der Waals surface area contributed by atoms with E-state index >= 15 is 0 Å². The Hall–Kier alpha value is -2.82. The van der Waals surface area contributed by atoms with Gasteiger partial charge in [0.2, 0.25) is 5.91 Å². The fourth-order valence-corrected chi connectivity index (χ4v) is 6.15. The number of amides is 3. The largest absolute Gasteiger partial charge is 0.332 e. The highest BCUT2D eigenvalue weighted by atomic mass is 16.2. The minimum atomic E-state index is -0.313. The van der Waals surface area contributed by atoms with E-state index in [9.17, 15) is 9.59 Å². The highest BCUT2D eigenvalue weighted by Crippen LogP contribution is 2.35. The number of unbranched alkanes of at least 4 members (excludes halogenated alkanes) is 4. The Labute approximate surface area is 223 Å². The quantitative estimate of drug-likeness (QED) is 0.321. The predicted octanol–water partition coefficient (Wildman–Crippen LogP) is 6.69. The van der Waals surface area contributed by atoms with Gasteiger partial charge in [-0.2, -0.15) is 0 Å². The number of piperidine rings is 1. The Morgan fingerprint density at radius 3 is 1.73 bits per heavy atom. The van der Waals surface area contributed by atoms with Crippen molar-refractivity contribution in [1.29, 1.82) is 0 Å². The zero-order valence-electron chi connectivity index (χ0n) is 22.9. The summed E-state index contributed by atoms with van der Waals surface area (Å²) in [5.74, 6) is -0.130. The first kappa shape index (κ1) is 27.2. The fourth-order valence-electron chi connectivity index (χ4n) is 6.15. The molecule has 2 aromatic carbocycles. The van der Waals surface area contributed by atoms with Gasteiger partial charge in [-0.25, -0.2) is 4.79 Å². The van der Waals surface area contributed by atoms with Crippen molar-refractivity contribution in [3.05, 3.63) is 71.8 Å². The van der Waals surface area contributed by atoms with Gasteiger partial charge in [-0.3, -0.25) is 4.79 Å². The number of carbonyl (C=O) groups excluding carboxylic acids is 2. The lowest BCUT2D eigenvalue weighted by atomic mass is 9.85. The second kappa shape index (κ2) is 13.6. The Morgan fingerprint density at radius 1 is 0.784 bits per heavy atom. The summed E-state index contributed by atoms with van der Waals surface area (Å²) in [4.78, 5) is 34.3. The molecule has 0 unspecified atom stereocenters.